The van der Waals surface area contributed by atoms with E-state index >= 15 is 0 Å². The van der Waals surface area contributed by atoms with Crippen LogP contribution in [0.4, 0.5) is 21.9 Å². The molecule has 1 aromatic heterocycles. The van der Waals surface area contributed by atoms with E-state index < -0.39 is 11.0 Å². The van der Waals surface area contributed by atoms with Crippen LogP contribution in [0.2, 0.25) is 0 Å². The second-order valence-electron chi connectivity index (χ2n) is 7.89. The van der Waals surface area contributed by atoms with Crippen molar-refractivity contribution in [2.45, 2.75) is 6.42 Å². The molecule has 0 spiro atoms. The van der Waals surface area contributed by atoms with Gasteiger partial charge in [-0.3, -0.25) is 19.8 Å². The Balaban J connectivity index is 1.57. The Morgan fingerprint density at radius 1 is 1.03 bits per heavy atom. The van der Waals surface area contributed by atoms with E-state index in [9.17, 15) is 19.7 Å². The molecule has 182 valence electrons. The second kappa shape index (κ2) is 10.5. The number of rotatable bonds is 7. The lowest BCUT2D eigenvalue weighted by atomic mass is 10.1. The first-order valence-corrected chi connectivity index (χ1v) is 11.0. The summed E-state index contributed by atoms with van der Waals surface area (Å²) < 4.78 is 6.38. The van der Waals surface area contributed by atoms with Gasteiger partial charge in [-0.2, -0.15) is 5.10 Å². The minimum Gasteiger partial charge on any atom is -0.452 e. The highest BCUT2D eigenvalue weighted by Gasteiger charge is 2.17. The number of benzene rings is 3. The van der Waals surface area contributed by atoms with Crippen LogP contribution in [0.5, 0.6) is 0 Å². The quantitative estimate of drug-likeness (QED) is 0.296. The second-order valence-corrected chi connectivity index (χ2v) is 7.89. The Kier molecular flexibility index (Phi) is 7.05. The number of para-hydroxylation sites is 1. The molecule has 0 saturated carbocycles. The number of hydrogen-bond donors (Lipinski definition) is 1. The number of nitrogens with zero attached hydrogens (tertiary/aromatic N) is 4. The topological polar surface area (TPSA) is 120 Å². The molecule has 0 aliphatic rings. The summed E-state index contributed by atoms with van der Waals surface area (Å²) in [6.07, 6.45) is 1.31. The molecule has 0 atom stereocenters. The number of carbonyl (C=O) groups excluding carboxylic acids is 2. The summed E-state index contributed by atoms with van der Waals surface area (Å²) in [5.74, 6) is -0.264. The summed E-state index contributed by atoms with van der Waals surface area (Å²) in [5.41, 5.74) is 3.85. The van der Waals surface area contributed by atoms with E-state index in [-0.39, 0.29) is 18.0 Å². The Bertz CT molecular complexity index is 1380. The van der Waals surface area contributed by atoms with E-state index in [1.807, 2.05) is 30.3 Å². The molecule has 2 amide bonds. The average molecular weight is 486 g/mol. The number of hydrogen-bond acceptors (Lipinski definition) is 6. The Hall–Kier alpha value is -4.99. The first-order chi connectivity index (χ1) is 17.4. The molecule has 0 fully saturated rings. The van der Waals surface area contributed by atoms with Crippen molar-refractivity contribution in [2.24, 2.45) is 0 Å². The summed E-state index contributed by atoms with van der Waals surface area (Å²) in [4.78, 5) is 36.5. The van der Waals surface area contributed by atoms with Crippen molar-refractivity contribution < 1.29 is 19.2 Å². The molecule has 0 unspecified atom stereocenters. The van der Waals surface area contributed by atoms with Crippen LogP contribution in [0.25, 0.3) is 16.9 Å². The third-order valence-corrected chi connectivity index (χ3v) is 5.50. The third kappa shape index (κ3) is 5.39. The van der Waals surface area contributed by atoms with Gasteiger partial charge in [0.2, 0.25) is 5.91 Å². The molecule has 4 aromatic rings. The zero-order valence-electron chi connectivity index (χ0n) is 19.6. The summed E-state index contributed by atoms with van der Waals surface area (Å²) in [7, 11) is 2.89. The number of amides is 2. The molecule has 0 radical (unpaired) electrons. The highest BCUT2D eigenvalue weighted by Crippen LogP contribution is 2.27. The first-order valence-electron chi connectivity index (χ1n) is 11.0. The summed E-state index contributed by atoms with van der Waals surface area (Å²) in [5, 5.41) is 18.5. The number of carbonyl (C=O) groups is 2. The number of anilines is 2. The van der Waals surface area contributed by atoms with E-state index in [2.05, 4.69) is 10.4 Å². The van der Waals surface area contributed by atoms with Gasteiger partial charge >= 0.3 is 6.09 Å². The molecule has 1 heterocycles. The van der Waals surface area contributed by atoms with Gasteiger partial charge in [-0.15, -0.1) is 0 Å². The van der Waals surface area contributed by atoms with Gasteiger partial charge in [0.25, 0.3) is 5.69 Å². The van der Waals surface area contributed by atoms with Crippen molar-refractivity contribution in [1.29, 1.82) is 0 Å². The molecule has 0 saturated heterocycles. The van der Waals surface area contributed by atoms with Gasteiger partial charge in [0.15, 0.2) is 0 Å². The van der Waals surface area contributed by atoms with Crippen LogP contribution in [0, 0.1) is 10.1 Å². The number of ether oxygens (including phenoxy) is 1. The fourth-order valence-corrected chi connectivity index (χ4v) is 3.62. The molecule has 10 nitrogen and oxygen atoms in total. The zero-order chi connectivity index (χ0) is 25.7. The predicted octanol–water partition coefficient (Wildman–Crippen LogP) is 4.83. The zero-order valence-corrected chi connectivity index (χ0v) is 19.6. The van der Waals surface area contributed by atoms with E-state index in [0.29, 0.717) is 28.2 Å². The Morgan fingerprint density at radius 2 is 1.69 bits per heavy atom. The lowest BCUT2D eigenvalue weighted by molar-refractivity contribution is -0.384. The normalized spacial score (nSPS) is 10.5. The maximum Gasteiger partial charge on any atom is 0.413 e. The van der Waals surface area contributed by atoms with Gasteiger partial charge in [0, 0.05) is 47.9 Å². The number of nitrogens with one attached hydrogen (secondary N) is 1. The molecule has 3 aromatic carbocycles. The Morgan fingerprint density at radius 3 is 2.31 bits per heavy atom. The molecule has 0 aliphatic carbocycles. The smallest absolute Gasteiger partial charge is 0.413 e. The van der Waals surface area contributed by atoms with Crippen molar-refractivity contribution in [1.82, 2.24) is 9.78 Å². The van der Waals surface area contributed by atoms with Crippen LogP contribution in [0.3, 0.4) is 0 Å². The minimum absolute atomic E-state index is 0.0261. The lowest BCUT2D eigenvalue weighted by Gasteiger charge is -2.16. The Labute approximate surface area is 206 Å². The summed E-state index contributed by atoms with van der Waals surface area (Å²) in [6.45, 7) is 0. The SMILES string of the molecule is COC(=O)N(C)c1ccc(NC(=O)Cc2cn(-c3ccccc3)nc2-c2ccc([N+](=O)[O-])cc2)cc1. The van der Waals surface area contributed by atoms with Gasteiger partial charge in [0.1, 0.15) is 0 Å². The highest BCUT2D eigenvalue weighted by molar-refractivity contribution is 5.94. The van der Waals surface area contributed by atoms with Crippen LogP contribution in [0.15, 0.2) is 85.1 Å². The number of nitro benzene ring substituents is 1. The third-order valence-electron chi connectivity index (χ3n) is 5.50. The maximum atomic E-state index is 12.9. The molecule has 0 aliphatic heterocycles. The van der Waals surface area contributed by atoms with Crippen LogP contribution >= 0.6 is 0 Å². The number of non-ortho nitro benzene ring substituents is 1. The largest absolute Gasteiger partial charge is 0.452 e. The lowest BCUT2D eigenvalue weighted by Crippen LogP contribution is -2.25. The van der Waals surface area contributed by atoms with Crippen molar-refractivity contribution in [2.75, 3.05) is 24.4 Å². The van der Waals surface area contributed by atoms with Crippen LogP contribution in [-0.4, -0.2) is 40.9 Å². The van der Waals surface area contributed by atoms with Crippen LogP contribution < -0.4 is 10.2 Å². The molecular weight excluding hydrogens is 462 g/mol. The number of nitro groups is 1. The van der Waals surface area contributed by atoms with Crippen molar-refractivity contribution in [3.05, 3.63) is 101 Å². The predicted molar refractivity (Wildman–Crippen MR) is 135 cm³/mol. The fourth-order valence-electron chi connectivity index (χ4n) is 3.62. The van der Waals surface area contributed by atoms with Gasteiger partial charge in [0.05, 0.1) is 29.8 Å². The monoisotopic (exact) mass is 485 g/mol. The maximum absolute atomic E-state index is 12.9. The molecule has 10 heteroatoms. The highest BCUT2D eigenvalue weighted by atomic mass is 16.6. The van der Waals surface area contributed by atoms with E-state index in [1.165, 1.54) is 24.1 Å². The summed E-state index contributed by atoms with van der Waals surface area (Å²) in [6, 6.07) is 22.3. The van der Waals surface area contributed by atoms with Crippen LogP contribution in [-0.2, 0) is 16.0 Å². The van der Waals surface area contributed by atoms with Crippen molar-refractivity contribution >= 4 is 29.1 Å². The van der Waals surface area contributed by atoms with E-state index in [0.717, 1.165) is 5.69 Å². The minimum atomic E-state index is -0.499. The first kappa shape index (κ1) is 24.1. The van der Waals surface area contributed by atoms with Gasteiger partial charge in [-0.1, -0.05) is 18.2 Å². The molecular formula is C26H23N5O5. The van der Waals surface area contributed by atoms with Crippen LogP contribution in [0.1, 0.15) is 5.56 Å². The molecule has 4 rings (SSSR count). The number of methoxy groups -OCH3 is 1. The van der Waals surface area contributed by atoms with Gasteiger partial charge in [-0.05, 0) is 48.5 Å². The standard InChI is InChI=1S/C26H23N5O5/c1-29(26(33)36-2)21-14-10-20(11-15-21)27-24(32)16-19-17-30(22-6-4-3-5-7-22)28-25(19)18-8-12-23(13-9-18)31(34)35/h3-15,17H,16H2,1-2H3,(H,27,32). The summed E-state index contributed by atoms with van der Waals surface area (Å²) >= 11 is 0. The van der Waals surface area contributed by atoms with E-state index in [1.54, 1.807) is 54.3 Å². The molecule has 1 N–H and O–H groups in total. The van der Waals surface area contributed by atoms with Crippen molar-refractivity contribution in [3.63, 3.8) is 0 Å². The van der Waals surface area contributed by atoms with Crippen molar-refractivity contribution in [3.8, 4) is 16.9 Å². The molecule has 0 bridgehead atoms. The fraction of sp³-hybridized carbons (Fsp3) is 0.115. The van der Waals surface area contributed by atoms with Gasteiger partial charge in [-0.25, -0.2) is 9.48 Å². The van der Waals surface area contributed by atoms with Gasteiger partial charge < -0.3 is 10.1 Å². The van der Waals surface area contributed by atoms with E-state index in [4.69, 9.17) is 4.74 Å². The average Bonchev–Trinajstić information content (AvgIpc) is 3.32. The number of aromatic nitrogens is 2. The molecule has 36 heavy (non-hydrogen) atoms.